The summed E-state index contributed by atoms with van der Waals surface area (Å²) in [5.74, 6) is -0.220. The number of allylic oxidation sites excluding steroid dienone is 9. The van der Waals surface area contributed by atoms with Crippen molar-refractivity contribution in [3.8, 4) is 0 Å². The van der Waals surface area contributed by atoms with Crippen molar-refractivity contribution in [3.63, 3.8) is 0 Å². The van der Waals surface area contributed by atoms with Crippen LogP contribution in [-0.2, 0) is 18.4 Å². The third-order valence-electron chi connectivity index (χ3n) is 13.0. The number of carbonyl (C=O) groups excluding carboxylic acids is 1. The van der Waals surface area contributed by atoms with Gasteiger partial charge >= 0.3 is 0 Å². The van der Waals surface area contributed by atoms with Gasteiger partial charge in [0.05, 0.1) is 39.9 Å². The summed E-state index contributed by atoms with van der Waals surface area (Å²) in [6, 6.07) is -0.903. The predicted octanol–water partition coefficient (Wildman–Crippen LogP) is 17.1. The molecule has 0 radical (unpaired) electrons. The van der Waals surface area contributed by atoms with Gasteiger partial charge in [-0.25, -0.2) is 0 Å². The Bertz CT molecular complexity index is 1310. The molecule has 0 aliphatic carbocycles. The van der Waals surface area contributed by atoms with E-state index in [-0.39, 0.29) is 12.5 Å². The highest BCUT2D eigenvalue weighted by atomic mass is 31.2. The zero-order valence-electron chi connectivity index (χ0n) is 46.0. The largest absolute Gasteiger partial charge is 0.756 e. The number of aliphatic hydroxyl groups is 1. The molecular weight excluding hydrogens is 876 g/mol. The number of rotatable bonds is 53. The van der Waals surface area contributed by atoms with Crippen LogP contribution in [0, 0.1) is 0 Å². The molecule has 69 heavy (non-hydrogen) atoms. The van der Waals surface area contributed by atoms with Crippen molar-refractivity contribution in [1.82, 2.24) is 5.32 Å². The number of nitrogens with one attached hydrogen (secondary N) is 1. The Morgan fingerprint density at radius 3 is 1.29 bits per heavy atom. The zero-order valence-corrected chi connectivity index (χ0v) is 46.9. The number of amides is 1. The van der Waals surface area contributed by atoms with E-state index in [4.69, 9.17) is 9.05 Å². The lowest BCUT2D eigenvalue weighted by molar-refractivity contribution is -0.870. The molecule has 3 unspecified atom stereocenters. The summed E-state index contributed by atoms with van der Waals surface area (Å²) in [4.78, 5) is 25.5. The Morgan fingerprint density at radius 1 is 0.522 bits per heavy atom. The molecule has 1 amide bonds. The van der Waals surface area contributed by atoms with E-state index < -0.39 is 26.6 Å². The molecule has 0 spiro atoms. The lowest BCUT2D eigenvalue weighted by Gasteiger charge is -2.29. The maximum absolute atomic E-state index is 12.9. The molecule has 0 bridgehead atoms. The van der Waals surface area contributed by atoms with E-state index in [1.807, 2.05) is 27.2 Å². The van der Waals surface area contributed by atoms with Crippen LogP contribution in [0.2, 0.25) is 0 Å². The van der Waals surface area contributed by atoms with Crippen molar-refractivity contribution in [2.45, 2.75) is 276 Å². The highest BCUT2D eigenvalue weighted by molar-refractivity contribution is 7.45. The van der Waals surface area contributed by atoms with Crippen LogP contribution < -0.4 is 10.2 Å². The second kappa shape index (κ2) is 51.1. The lowest BCUT2D eigenvalue weighted by Crippen LogP contribution is -2.45. The summed E-state index contributed by atoms with van der Waals surface area (Å²) in [5, 5.41) is 13.9. The number of quaternary nitrogens is 1. The van der Waals surface area contributed by atoms with Crippen molar-refractivity contribution >= 4 is 13.7 Å². The number of phosphoric acid groups is 1. The van der Waals surface area contributed by atoms with Crippen LogP contribution in [0.4, 0.5) is 0 Å². The summed E-state index contributed by atoms with van der Waals surface area (Å²) in [7, 11) is 1.24. The molecule has 0 heterocycles. The van der Waals surface area contributed by atoms with Gasteiger partial charge < -0.3 is 28.8 Å². The van der Waals surface area contributed by atoms with E-state index in [2.05, 4.69) is 67.8 Å². The van der Waals surface area contributed by atoms with Crippen LogP contribution in [0.5, 0.6) is 0 Å². The van der Waals surface area contributed by atoms with Crippen molar-refractivity contribution in [1.29, 1.82) is 0 Å². The van der Waals surface area contributed by atoms with Gasteiger partial charge in [0, 0.05) is 6.42 Å². The van der Waals surface area contributed by atoms with Gasteiger partial charge in [-0.1, -0.05) is 261 Å². The van der Waals surface area contributed by atoms with Gasteiger partial charge in [-0.3, -0.25) is 9.36 Å². The first kappa shape index (κ1) is 67.2. The maximum Gasteiger partial charge on any atom is 0.268 e. The fraction of sp³-hybridized carbons (Fsp3) is 0.817. The Morgan fingerprint density at radius 2 is 0.884 bits per heavy atom. The fourth-order valence-corrected chi connectivity index (χ4v) is 9.16. The number of likely N-dealkylation sites (N-methyl/N-ethyl adjacent to an activating group) is 1. The van der Waals surface area contributed by atoms with Gasteiger partial charge in [-0.05, 0) is 57.8 Å². The molecule has 0 fully saturated rings. The molecule has 3 atom stereocenters. The molecule has 9 heteroatoms. The molecule has 404 valence electrons. The fourth-order valence-electron chi connectivity index (χ4n) is 8.44. The van der Waals surface area contributed by atoms with Crippen LogP contribution in [0.3, 0.4) is 0 Å². The summed E-state index contributed by atoms with van der Waals surface area (Å²) >= 11 is 0. The molecule has 0 aromatic carbocycles. The monoisotopic (exact) mass is 989 g/mol. The number of carbonyl (C=O) groups is 1. The predicted molar refractivity (Wildman–Crippen MR) is 297 cm³/mol. The smallest absolute Gasteiger partial charge is 0.268 e. The SMILES string of the molecule is CC/C=C\C/C=C\C/C=C\C/C=C\CCCCCCC(=O)NC(COP(=O)([O-])OCC[N+](C)(C)C)C(O)/C=C/CCCCCCCCCCCCCCCCCCCCCCCCCCCCCC. The highest BCUT2D eigenvalue weighted by Gasteiger charge is 2.23. The first-order valence-corrected chi connectivity index (χ1v) is 30.6. The van der Waals surface area contributed by atoms with Gasteiger partial charge in [0.2, 0.25) is 5.91 Å². The van der Waals surface area contributed by atoms with Crippen LogP contribution in [0.1, 0.15) is 264 Å². The third kappa shape index (κ3) is 53.8. The second-order valence-electron chi connectivity index (χ2n) is 21.0. The minimum Gasteiger partial charge on any atom is -0.756 e. The molecule has 0 saturated heterocycles. The van der Waals surface area contributed by atoms with Gasteiger partial charge in [-0.2, -0.15) is 0 Å². The van der Waals surface area contributed by atoms with E-state index in [9.17, 15) is 19.4 Å². The average Bonchev–Trinajstić information content (AvgIpc) is 3.31. The van der Waals surface area contributed by atoms with Crippen LogP contribution in [0.15, 0.2) is 60.8 Å². The minimum atomic E-state index is -4.61. The molecule has 0 aromatic rings. The molecule has 2 N–H and O–H groups in total. The number of unbranched alkanes of at least 4 members (excludes halogenated alkanes) is 32. The summed E-state index contributed by atoms with van der Waals surface area (Å²) in [6.07, 6.45) is 68.8. The van der Waals surface area contributed by atoms with Crippen LogP contribution >= 0.6 is 7.82 Å². The molecule has 0 saturated carbocycles. The maximum atomic E-state index is 12.9. The van der Waals surface area contributed by atoms with Crippen molar-refractivity contribution in [2.24, 2.45) is 0 Å². The van der Waals surface area contributed by atoms with Crippen LogP contribution in [0.25, 0.3) is 0 Å². The topological polar surface area (TPSA) is 108 Å². The van der Waals surface area contributed by atoms with E-state index in [0.717, 1.165) is 77.0 Å². The summed E-state index contributed by atoms with van der Waals surface area (Å²) < 4.78 is 23.3. The van der Waals surface area contributed by atoms with Crippen molar-refractivity contribution in [2.75, 3.05) is 40.9 Å². The van der Waals surface area contributed by atoms with E-state index in [1.165, 1.54) is 167 Å². The molecule has 8 nitrogen and oxygen atoms in total. The number of hydrogen-bond acceptors (Lipinski definition) is 6. The molecule has 0 aliphatic rings. The number of aliphatic hydroxyl groups excluding tert-OH is 1. The van der Waals surface area contributed by atoms with E-state index in [1.54, 1.807) is 6.08 Å². The Kier molecular flexibility index (Phi) is 49.8. The molecule has 0 rings (SSSR count). The first-order chi connectivity index (χ1) is 33.5. The quantitative estimate of drug-likeness (QED) is 0.0272. The lowest BCUT2D eigenvalue weighted by atomic mass is 10.0. The zero-order chi connectivity index (χ0) is 50.6. The second-order valence-corrected chi connectivity index (χ2v) is 22.4. The van der Waals surface area contributed by atoms with Gasteiger partial charge in [-0.15, -0.1) is 0 Å². The summed E-state index contributed by atoms with van der Waals surface area (Å²) in [5.41, 5.74) is 0. The van der Waals surface area contributed by atoms with Gasteiger partial charge in [0.15, 0.2) is 0 Å². The van der Waals surface area contributed by atoms with E-state index in [0.29, 0.717) is 17.4 Å². The van der Waals surface area contributed by atoms with Crippen molar-refractivity contribution in [3.05, 3.63) is 60.8 Å². The molecular formula is C60H113N2O6P. The standard InChI is InChI=1S/C60H113N2O6P/c1-6-8-10-12-14-16-18-20-22-24-25-26-27-28-29-30-31-32-33-34-35-36-38-39-41-43-45-47-49-51-53-59(63)58(57-68-69(65,66)67-56-55-62(3,4)5)61-60(64)54-52-50-48-46-44-42-40-37-23-21-19-17-15-13-11-9-7-2/h9,11,15,17,21,23,40,42,51,53,58-59,63H,6-8,10,12-14,16,18-20,22,24-39,41,43-50,52,54-57H2,1-5H3,(H-,61,64,65,66)/b11-9-,17-15-,23-21-,42-40-,53-51+. The Balaban J connectivity index is 4.16. The molecule has 0 aromatic heterocycles. The van der Waals surface area contributed by atoms with Crippen LogP contribution in [-0.4, -0.2) is 68.5 Å². The minimum absolute atomic E-state index is 0.00822. The Hall–Kier alpha value is -1.80. The average molecular weight is 990 g/mol. The first-order valence-electron chi connectivity index (χ1n) is 29.2. The number of nitrogens with zero attached hydrogens (tertiary/aromatic N) is 1. The number of hydrogen-bond donors (Lipinski definition) is 2. The van der Waals surface area contributed by atoms with Gasteiger partial charge in [0.1, 0.15) is 13.2 Å². The van der Waals surface area contributed by atoms with Crippen molar-refractivity contribution < 1.29 is 32.9 Å². The third-order valence-corrected chi connectivity index (χ3v) is 13.9. The Labute approximate surface area is 428 Å². The van der Waals surface area contributed by atoms with E-state index >= 15 is 0 Å². The van der Waals surface area contributed by atoms with Gasteiger partial charge in [0.25, 0.3) is 7.82 Å². The number of phosphoric ester groups is 1. The molecule has 0 aliphatic heterocycles. The normalized spacial score (nSPS) is 14.4. The summed E-state index contributed by atoms with van der Waals surface area (Å²) in [6.45, 7) is 4.53. The highest BCUT2D eigenvalue weighted by Crippen LogP contribution is 2.38.